The lowest BCUT2D eigenvalue weighted by Crippen LogP contribution is -2.48. The van der Waals surface area contributed by atoms with Gasteiger partial charge in [0.15, 0.2) is 6.61 Å². The number of rotatable bonds is 6. The summed E-state index contributed by atoms with van der Waals surface area (Å²) >= 11 is 0. The molecule has 0 bridgehead atoms. The van der Waals surface area contributed by atoms with Gasteiger partial charge in [0.25, 0.3) is 0 Å². The number of carbonyl (C=O) groups excluding carboxylic acids is 2. The van der Waals surface area contributed by atoms with Gasteiger partial charge in [0.1, 0.15) is 5.60 Å². The third-order valence-electron chi connectivity index (χ3n) is 5.81. The van der Waals surface area contributed by atoms with Crippen LogP contribution in [0.2, 0.25) is 0 Å². The second-order valence-electron chi connectivity index (χ2n) is 7.34. The Hall–Kier alpha value is -1.06. The van der Waals surface area contributed by atoms with Crippen LogP contribution in [0.3, 0.4) is 0 Å². The second-order valence-corrected chi connectivity index (χ2v) is 7.34. The van der Waals surface area contributed by atoms with E-state index >= 15 is 0 Å². The molecule has 0 radical (unpaired) electrons. The van der Waals surface area contributed by atoms with E-state index < -0.39 is 5.60 Å². The van der Waals surface area contributed by atoms with Crippen LogP contribution in [0.5, 0.6) is 0 Å². The Morgan fingerprint density at radius 1 is 0.870 bits per heavy atom. The molecule has 0 atom stereocenters. The van der Waals surface area contributed by atoms with Crippen molar-refractivity contribution in [2.75, 3.05) is 6.61 Å². The molecule has 0 aromatic carbocycles. The van der Waals surface area contributed by atoms with Crippen LogP contribution in [0.15, 0.2) is 0 Å². The zero-order valence-electron chi connectivity index (χ0n) is 14.8. The molecule has 0 amide bonds. The van der Waals surface area contributed by atoms with E-state index in [0.29, 0.717) is 11.8 Å². The van der Waals surface area contributed by atoms with E-state index in [9.17, 15) is 9.59 Å². The minimum Gasteiger partial charge on any atom is -0.456 e. The molecule has 0 aromatic rings. The molecule has 4 nitrogen and oxygen atoms in total. The average molecular weight is 324 g/mol. The van der Waals surface area contributed by atoms with Gasteiger partial charge in [0.2, 0.25) is 0 Å². The van der Waals surface area contributed by atoms with Gasteiger partial charge in [-0.2, -0.15) is 0 Å². The first-order valence-electron chi connectivity index (χ1n) is 9.43. The average Bonchev–Trinajstić information content (AvgIpc) is 2.61. The molecule has 4 heteroatoms. The molecule has 2 saturated carbocycles. The lowest BCUT2D eigenvalue weighted by molar-refractivity contribution is -0.183. The Morgan fingerprint density at radius 3 is 1.78 bits per heavy atom. The quantitative estimate of drug-likeness (QED) is 0.679. The molecule has 2 fully saturated rings. The predicted molar refractivity (Wildman–Crippen MR) is 88.9 cm³/mol. The Morgan fingerprint density at radius 2 is 1.35 bits per heavy atom. The SMILES string of the molecule is CCC(=O)OCC(=O)OC(C)(C1CCCCC1)C1CCCCC1. The highest BCUT2D eigenvalue weighted by molar-refractivity contribution is 5.76. The van der Waals surface area contributed by atoms with Gasteiger partial charge in [0.05, 0.1) is 0 Å². The largest absolute Gasteiger partial charge is 0.456 e. The lowest BCUT2D eigenvalue weighted by atomic mass is 9.67. The molecule has 0 spiro atoms. The van der Waals surface area contributed by atoms with E-state index in [0.717, 1.165) is 25.7 Å². The fourth-order valence-corrected chi connectivity index (χ4v) is 4.37. The summed E-state index contributed by atoms with van der Waals surface area (Å²) in [5.41, 5.74) is -0.392. The van der Waals surface area contributed by atoms with E-state index in [2.05, 4.69) is 6.92 Å². The molecule has 0 unspecified atom stereocenters. The van der Waals surface area contributed by atoms with Gasteiger partial charge in [-0.1, -0.05) is 45.4 Å². The first kappa shape index (κ1) is 18.3. The van der Waals surface area contributed by atoms with E-state index in [1.807, 2.05) is 0 Å². The van der Waals surface area contributed by atoms with Gasteiger partial charge in [-0.3, -0.25) is 4.79 Å². The maximum absolute atomic E-state index is 12.3. The van der Waals surface area contributed by atoms with Crippen molar-refractivity contribution in [3.63, 3.8) is 0 Å². The van der Waals surface area contributed by atoms with Crippen LogP contribution in [0, 0.1) is 11.8 Å². The second kappa shape index (κ2) is 8.70. The van der Waals surface area contributed by atoms with Crippen LogP contribution >= 0.6 is 0 Å². The monoisotopic (exact) mass is 324 g/mol. The van der Waals surface area contributed by atoms with Crippen LogP contribution < -0.4 is 0 Å². The van der Waals surface area contributed by atoms with Crippen LogP contribution in [-0.4, -0.2) is 24.1 Å². The highest BCUT2D eigenvalue weighted by atomic mass is 16.6. The molecule has 132 valence electrons. The van der Waals surface area contributed by atoms with Crippen molar-refractivity contribution in [2.45, 2.75) is 90.1 Å². The number of esters is 2. The van der Waals surface area contributed by atoms with Crippen LogP contribution in [-0.2, 0) is 19.1 Å². The minimum atomic E-state index is -0.392. The molecule has 0 saturated heterocycles. The van der Waals surface area contributed by atoms with E-state index in [-0.39, 0.29) is 25.0 Å². The van der Waals surface area contributed by atoms with E-state index in [4.69, 9.17) is 9.47 Å². The van der Waals surface area contributed by atoms with Crippen molar-refractivity contribution in [1.29, 1.82) is 0 Å². The van der Waals surface area contributed by atoms with Gasteiger partial charge in [-0.15, -0.1) is 0 Å². The van der Waals surface area contributed by atoms with Crippen molar-refractivity contribution in [1.82, 2.24) is 0 Å². The summed E-state index contributed by atoms with van der Waals surface area (Å²) in [6.45, 7) is 3.61. The molecule has 23 heavy (non-hydrogen) atoms. The summed E-state index contributed by atoms with van der Waals surface area (Å²) in [7, 11) is 0. The fraction of sp³-hybridized carbons (Fsp3) is 0.895. The lowest BCUT2D eigenvalue weighted by Gasteiger charge is -2.46. The van der Waals surface area contributed by atoms with Crippen LogP contribution in [0.4, 0.5) is 0 Å². The minimum absolute atomic E-state index is 0.248. The zero-order valence-corrected chi connectivity index (χ0v) is 14.8. The topological polar surface area (TPSA) is 52.6 Å². The molecule has 0 aromatic heterocycles. The maximum Gasteiger partial charge on any atom is 0.344 e. The Bertz CT molecular complexity index is 374. The van der Waals surface area contributed by atoms with Crippen LogP contribution in [0.1, 0.15) is 84.5 Å². The van der Waals surface area contributed by atoms with Gasteiger partial charge < -0.3 is 9.47 Å². The molecule has 0 N–H and O–H groups in total. The number of hydrogen-bond acceptors (Lipinski definition) is 4. The van der Waals surface area contributed by atoms with Crippen molar-refractivity contribution < 1.29 is 19.1 Å². The molecular formula is C19H32O4. The highest BCUT2D eigenvalue weighted by Crippen LogP contribution is 2.45. The zero-order chi connectivity index (χ0) is 16.7. The smallest absolute Gasteiger partial charge is 0.344 e. The van der Waals surface area contributed by atoms with Crippen molar-refractivity contribution >= 4 is 11.9 Å². The van der Waals surface area contributed by atoms with Gasteiger partial charge >= 0.3 is 11.9 Å². The Kier molecular flexibility index (Phi) is 6.91. The van der Waals surface area contributed by atoms with E-state index in [1.165, 1.54) is 38.5 Å². The Balaban J connectivity index is 2.02. The molecule has 2 aliphatic rings. The van der Waals surface area contributed by atoms with Crippen LogP contribution in [0.25, 0.3) is 0 Å². The third-order valence-corrected chi connectivity index (χ3v) is 5.81. The molecule has 2 aliphatic carbocycles. The summed E-state index contributed by atoms with van der Waals surface area (Å²) in [6.07, 6.45) is 12.4. The van der Waals surface area contributed by atoms with Crippen molar-refractivity contribution in [3.8, 4) is 0 Å². The highest BCUT2D eigenvalue weighted by Gasteiger charge is 2.45. The fourth-order valence-electron chi connectivity index (χ4n) is 4.37. The molecule has 0 aliphatic heterocycles. The molecule has 2 rings (SSSR count). The first-order chi connectivity index (χ1) is 11.1. The number of hydrogen-bond donors (Lipinski definition) is 0. The maximum atomic E-state index is 12.3. The number of carbonyl (C=O) groups is 2. The summed E-state index contributed by atoms with van der Waals surface area (Å²) in [5, 5.41) is 0. The predicted octanol–water partition coefficient (Wildman–Crippen LogP) is 4.40. The first-order valence-corrected chi connectivity index (χ1v) is 9.43. The summed E-state index contributed by atoms with van der Waals surface area (Å²) in [6, 6.07) is 0. The number of ether oxygens (including phenoxy) is 2. The molecule has 0 heterocycles. The van der Waals surface area contributed by atoms with Crippen molar-refractivity contribution in [3.05, 3.63) is 0 Å². The third kappa shape index (κ3) is 4.95. The summed E-state index contributed by atoms with van der Waals surface area (Å²) in [4.78, 5) is 23.5. The standard InChI is InChI=1S/C19H32O4/c1-3-17(20)22-14-18(21)23-19(2,15-10-6-4-7-11-15)16-12-8-5-9-13-16/h15-16H,3-14H2,1-2H3. The summed E-state index contributed by atoms with van der Waals surface area (Å²) in [5.74, 6) is 0.166. The molecular weight excluding hydrogens is 292 g/mol. The van der Waals surface area contributed by atoms with E-state index in [1.54, 1.807) is 6.92 Å². The van der Waals surface area contributed by atoms with Gasteiger partial charge in [-0.25, -0.2) is 4.79 Å². The van der Waals surface area contributed by atoms with Crippen molar-refractivity contribution in [2.24, 2.45) is 11.8 Å². The normalized spacial score (nSPS) is 21.0. The van der Waals surface area contributed by atoms with Gasteiger partial charge in [-0.05, 0) is 44.4 Å². The van der Waals surface area contributed by atoms with Gasteiger partial charge in [0, 0.05) is 6.42 Å². The summed E-state index contributed by atoms with van der Waals surface area (Å²) < 4.78 is 11.0. The Labute approximate surface area is 140 Å².